The van der Waals surface area contributed by atoms with Gasteiger partial charge in [-0.2, -0.15) is 0 Å². The maximum atomic E-state index is 12.1. The fraction of sp³-hybridized carbons (Fsp3) is 0.357. The van der Waals surface area contributed by atoms with Crippen LogP contribution in [0.2, 0.25) is 0 Å². The molecule has 0 radical (unpaired) electrons. The Bertz CT molecular complexity index is 811. The number of nitrogens with zero attached hydrogens (tertiary/aromatic N) is 1. The molecule has 2 heterocycles. The predicted octanol–water partition coefficient (Wildman–Crippen LogP) is 0.0676. The van der Waals surface area contributed by atoms with E-state index in [0.717, 1.165) is 10.9 Å². The molecule has 0 unspecified atom stereocenters. The van der Waals surface area contributed by atoms with E-state index in [1.165, 1.54) is 0 Å². The van der Waals surface area contributed by atoms with Crippen LogP contribution in [-0.2, 0) is 16.9 Å². The average molecular weight is 308 g/mol. The lowest BCUT2D eigenvalue weighted by molar-refractivity contribution is 0.0634. The van der Waals surface area contributed by atoms with Gasteiger partial charge in [0.05, 0.1) is 11.5 Å². The number of amides is 1. The van der Waals surface area contributed by atoms with Crippen LogP contribution in [0.4, 0.5) is 0 Å². The molecule has 2 N–H and O–H groups in total. The molecular weight excluding hydrogens is 292 g/mol. The molecule has 0 bridgehead atoms. The Balaban J connectivity index is 1.70. The highest BCUT2D eigenvalue weighted by molar-refractivity contribution is 7.93. The fourth-order valence-electron chi connectivity index (χ4n) is 2.65. The van der Waals surface area contributed by atoms with Crippen LogP contribution in [-0.4, -0.2) is 47.7 Å². The van der Waals surface area contributed by atoms with Crippen LogP contribution >= 0.6 is 0 Å². The molecule has 21 heavy (non-hydrogen) atoms. The Morgan fingerprint density at radius 3 is 2.76 bits per heavy atom. The summed E-state index contributed by atoms with van der Waals surface area (Å²) >= 11 is 0. The molecule has 2 aromatic rings. The van der Waals surface area contributed by atoms with Gasteiger partial charge in [0.2, 0.25) is 0 Å². The molecule has 112 valence electrons. The predicted molar refractivity (Wildman–Crippen MR) is 78.9 cm³/mol. The number of rotatable bonds is 3. The largest absolute Gasteiger partial charge is 0.386 e. The van der Waals surface area contributed by atoms with Gasteiger partial charge in [-0.05, 0) is 24.3 Å². The number of aromatic nitrogens is 1. The van der Waals surface area contributed by atoms with E-state index in [9.17, 15) is 18.3 Å². The second kappa shape index (κ2) is 4.57. The van der Waals surface area contributed by atoms with Crippen LogP contribution in [0.3, 0.4) is 0 Å². The number of hydrogen-bond acceptors (Lipinski definition) is 4. The highest BCUT2D eigenvalue weighted by atomic mass is 32.2. The second-order valence-electron chi connectivity index (χ2n) is 5.64. The molecule has 1 amide bonds. The zero-order valence-corrected chi connectivity index (χ0v) is 12.4. The van der Waals surface area contributed by atoms with Gasteiger partial charge in [-0.3, -0.25) is 4.79 Å². The van der Waals surface area contributed by atoms with Gasteiger partial charge < -0.3 is 15.0 Å². The van der Waals surface area contributed by atoms with Crippen molar-refractivity contribution in [2.45, 2.75) is 5.60 Å². The van der Waals surface area contributed by atoms with Gasteiger partial charge in [-0.1, -0.05) is 0 Å². The first kappa shape index (κ1) is 14.1. The van der Waals surface area contributed by atoms with Crippen LogP contribution in [0, 0.1) is 0 Å². The zero-order valence-electron chi connectivity index (χ0n) is 11.5. The molecule has 0 atom stereocenters. The van der Waals surface area contributed by atoms with Crippen LogP contribution in [0.5, 0.6) is 0 Å². The summed E-state index contributed by atoms with van der Waals surface area (Å²) in [5, 5.41) is 13.5. The Labute approximate surface area is 122 Å². The van der Waals surface area contributed by atoms with E-state index < -0.39 is 15.4 Å². The SMILES string of the molecule is Cn1ccc2cc(C(=O)NCC3(O)CS(=O)(=O)C3)ccc21. The lowest BCUT2D eigenvalue weighted by Crippen LogP contribution is -2.60. The summed E-state index contributed by atoms with van der Waals surface area (Å²) in [6.45, 7) is -0.0576. The first-order valence-corrected chi connectivity index (χ1v) is 8.36. The van der Waals surface area contributed by atoms with Gasteiger partial charge in [-0.25, -0.2) is 8.42 Å². The summed E-state index contributed by atoms with van der Waals surface area (Å²) in [4.78, 5) is 12.1. The van der Waals surface area contributed by atoms with Crippen molar-refractivity contribution in [2.75, 3.05) is 18.1 Å². The van der Waals surface area contributed by atoms with Gasteiger partial charge in [0.25, 0.3) is 5.91 Å². The summed E-state index contributed by atoms with van der Waals surface area (Å²) in [5.74, 6) is -0.908. The minimum absolute atomic E-state index is 0.0576. The molecule has 0 saturated carbocycles. The van der Waals surface area contributed by atoms with Crippen molar-refractivity contribution in [3.8, 4) is 0 Å². The minimum atomic E-state index is -3.13. The molecule has 7 heteroatoms. The van der Waals surface area contributed by atoms with E-state index in [1.54, 1.807) is 12.1 Å². The van der Waals surface area contributed by atoms with E-state index >= 15 is 0 Å². The van der Waals surface area contributed by atoms with E-state index in [4.69, 9.17) is 0 Å². The zero-order chi connectivity index (χ0) is 15.3. The molecule has 1 aromatic heterocycles. The van der Waals surface area contributed by atoms with Gasteiger partial charge in [0.1, 0.15) is 5.60 Å². The molecule has 1 fully saturated rings. The summed E-state index contributed by atoms with van der Waals surface area (Å²) in [5.41, 5.74) is 0.181. The monoisotopic (exact) mass is 308 g/mol. The van der Waals surface area contributed by atoms with Crippen molar-refractivity contribution >= 4 is 26.6 Å². The maximum absolute atomic E-state index is 12.1. The first-order valence-electron chi connectivity index (χ1n) is 6.54. The van der Waals surface area contributed by atoms with Gasteiger partial charge in [-0.15, -0.1) is 0 Å². The van der Waals surface area contributed by atoms with Gasteiger partial charge in [0, 0.05) is 36.3 Å². The Morgan fingerprint density at radius 1 is 1.38 bits per heavy atom. The van der Waals surface area contributed by atoms with Crippen LogP contribution in [0.1, 0.15) is 10.4 Å². The summed E-state index contributed by atoms with van der Waals surface area (Å²) in [7, 11) is -1.21. The minimum Gasteiger partial charge on any atom is -0.386 e. The van der Waals surface area contributed by atoms with E-state index in [0.29, 0.717) is 5.56 Å². The molecule has 1 aliphatic rings. The Hall–Kier alpha value is -1.86. The number of sulfone groups is 1. The van der Waals surface area contributed by atoms with E-state index in [2.05, 4.69) is 5.32 Å². The third-order valence-electron chi connectivity index (χ3n) is 3.70. The van der Waals surface area contributed by atoms with E-state index in [-0.39, 0.29) is 24.0 Å². The number of hydrogen-bond donors (Lipinski definition) is 2. The van der Waals surface area contributed by atoms with Crippen LogP contribution in [0.15, 0.2) is 30.5 Å². The van der Waals surface area contributed by atoms with Crippen LogP contribution < -0.4 is 5.32 Å². The quantitative estimate of drug-likeness (QED) is 0.840. The van der Waals surface area contributed by atoms with Crippen molar-refractivity contribution in [1.82, 2.24) is 9.88 Å². The molecule has 1 aliphatic heterocycles. The lowest BCUT2D eigenvalue weighted by Gasteiger charge is -2.35. The smallest absolute Gasteiger partial charge is 0.251 e. The third kappa shape index (κ3) is 2.66. The molecule has 0 aliphatic carbocycles. The van der Waals surface area contributed by atoms with Gasteiger partial charge in [0.15, 0.2) is 9.84 Å². The van der Waals surface area contributed by atoms with Crippen molar-refractivity contribution in [3.63, 3.8) is 0 Å². The fourth-order valence-corrected chi connectivity index (χ4v) is 4.41. The standard InChI is InChI=1S/C14H16N2O4S/c1-16-5-4-10-6-11(2-3-12(10)16)13(17)15-7-14(18)8-21(19,20)9-14/h2-6,18H,7-9H2,1H3,(H,15,17). The highest BCUT2D eigenvalue weighted by Crippen LogP contribution is 2.23. The maximum Gasteiger partial charge on any atom is 0.251 e. The average Bonchev–Trinajstić information content (AvgIpc) is 2.75. The molecule has 6 nitrogen and oxygen atoms in total. The molecule has 1 aromatic carbocycles. The topological polar surface area (TPSA) is 88.4 Å². The number of nitrogens with one attached hydrogen (secondary N) is 1. The number of aryl methyl sites for hydroxylation is 1. The molecule has 3 rings (SSSR count). The molecule has 0 spiro atoms. The number of fused-ring (bicyclic) bond motifs is 1. The number of aliphatic hydroxyl groups is 1. The van der Waals surface area contributed by atoms with Crippen molar-refractivity contribution in [1.29, 1.82) is 0 Å². The number of benzene rings is 1. The third-order valence-corrected chi connectivity index (χ3v) is 5.66. The summed E-state index contributed by atoms with van der Waals surface area (Å²) < 4.78 is 24.1. The first-order chi connectivity index (χ1) is 9.78. The summed E-state index contributed by atoms with van der Waals surface area (Å²) in [6, 6.07) is 7.25. The Morgan fingerprint density at radius 2 is 2.10 bits per heavy atom. The highest BCUT2D eigenvalue weighted by Gasteiger charge is 2.47. The van der Waals surface area contributed by atoms with Crippen molar-refractivity contribution in [2.24, 2.45) is 7.05 Å². The van der Waals surface area contributed by atoms with Gasteiger partial charge >= 0.3 is 0 Å². The number of carbonyl (C=O) groups excluding carboxylic acids is 1. The second-order valence-corrected chi connectivity index (χ2v) is 7.70. The molecular formula is C14H16N2O4S. The summed E-state index contributed by atoms with van der Waals surface area (Å²) in [6.07, 6.45) is 1.91. The lowest BCUT2D eigenvalue weighted by atomic mass is 10.1. The van der Waals surface area contributed by atoms with Crippen molar-refractivity contribution in [3.05, 3.63) is 36.0 Å². The normalized spacial score (nSPS) is 19.1. The van der Waals surface area contributed by atoms with Crippen molar-refractivity contribution < 1.29 is 18.3 Å². The Kier molecular flexibility index (Phi) is 3.07. The molecule has 1 saturated heterocycles. The number of carbonyl (C=O) groups is 1. The van der Waals surface area contributed by atoms with Crippen LogP contribution in [0.25, 0.3) is 10.9 Å². The van der Waals surface area contributed by atoms with E-state index in [1.807, 2.05) is 29.9 Å².